The number of hydrazone groups is 1. The Morgan fingerprint density at radius 1 is 0.973 bits per heavy atom. The first-order valence-corrected chi connectivity index (χ1v) is 13.6. The fraction of sp³-hybridized carbons (Fsp3) is 0.0741. The average molecular weight is 531 g/mol. The van der Waals surface area contributed by atoms with E-state index in [1.165, 1.54) is 41.7 Å². The van der Waals surface area contributed by atoms with E-state index in [2.05, 4.69) is 20.2 Å². The van der Waals surface area contributed by atoms with Crippen LogP contribution in [0.5, 0.6) is 0 Å². The molecule has 0 saturated carbocycles. The predicted molar refractivity (Wildman–Crippen MR) is 148 cm³/mol. The SMILES string of the molecule is C/C(=N\Nc1nc(C)c(-c2ccccc2)s1)c1ccc(NS(=O)(=O)c2ccc3oc(=O)ccc3c2)cc1. The molecule has 0 aliphatic rings. The number of anilines is 2. The highest BCUT2D eigenvalue weighted by Crippen LogP contribution is 2.32. The second-order valence-electron chi connectivity index (χ2n) is 8.25. The Morgan fingerprint density at radius 3 is 2.49 bits per heavy atom. The summed E-state index contributed by atoms with van der Waals surface area (Å²) in [5.74, 6) is 0. The van der Waals surface area contributed by atoms with Gasteiger partial charge in [0.15, 0.2) is 0 Å². The molecular formula is C27H22N4O4S2. The Bertz CT molecular complexity index is 1780. The number of rotatable bonds is 7. The van der Waals surface area contributed by atoms with Gasteiger partial charge in [-0.05, 0) is 61.4 Å². The lowest BCUT2D eigenvalue weighted by molar-refractivity contribution is 0.560. The third kappa shape index (κ3) is 5.45. The van der Waals surface area contributed by atoms with Crippen molar-refractivity contribution in [3.05, 3.63) is 107 Å². The van der Waals surface area contributed by atoms with E-state index in [1.54, 1.807) is 24.3 Å². The van der Waals surface area contributed by atoms with Crippen LogP contribution in [0.15, 0.2) is 104 Å². The van der Waals surface area contributed by atoms with Crippen molar-refractivity contribution in [2.75, 3.05) is 10.1 Å². The first-order valence-electron chi connectivity index (χ1n) is 11.3. The summed E-state index contributed by atoms with van der Waals surface area (Å²) in [5, 5.41) is 5.65. The first-order chi connectivity index (χ1) is 17.8. The van der Waals surface area contributed by atoms with Gasteiger partial charge >= 0.3 is 5.63 Å². The molecule has 2 heterocycles. The molecule has 0 unspecified atom stereocenters. The molecule has 0 radical (unpaired) electrons. The molecule has 0 saturated heterocycles. The first kappa shape index (κ1) is 24.4. The Kier molecular flexibility index (Phi) is 6.60. The highest BCUT2D eigenvalue weighted by molar-refractivity contribution is 7.92. The summed E-state index contributed by atoms with van der Waals surface area (Å²) in [4.78, 5) is 17.1. The summed E-state index contributed by atoms with van der Waals surface area (Å²) in [5.41, 5.74) is 6.85. The second-order valence-corrected chi connectivity index (χ2v) is 10.9. The van der Waals surface area contributed by atoms with Gasteiger partial charge in [0, 0.05) is 17.1 Å². The lowest BCUT2D eigenvalue weighted by Crippen LogP contribution is -2.13. The van der Waals surface area contributed by atoms with Crippen LogP contribution in [0.1, 0.15) is 18.2 Å². The summed E-state index contributed by atoms with van der Waals surface area (Å²) in [6.07, 6.45) is 0. The van der Waals surface area contributed by atoms with E-state index < -0.39 is 15.6 Å². The van der Waals surface area contributed by atoms with Crippen LogP contribution in [0.3, 0.4) is 0 Å². The molecule has 2 aromatic heterocycles. The van der Waals surface area contributed by atoms with Gasteiger partial charge in [0.25, 0.3) is 10.0 Å². The summed E-state index contributed by atoms with van der Waals surface area (Å²) < 4.78 is 33.4. The minimum absolute atomic E-state index is 0.0634. The minimum atomic E-state index is -3.84. The molecule has 5 aromatic rings. The Hall–Kier alpha value is -4.28. The maximum Gasteiger partial charge on any atom is 0.336 e. The molecule has 37 heavy (non-hydrogen) atoms. The van der Waals surface area contributed by atoms with Gasteiger partial charge in [0.2, 0.25) is 5.13 Å². The predicted octanol–water partition coefficient (Wildman–Crippen LogP) is 5.86. The average Bonchev–Trinajstić information content (AvgIpc) is 3.28. The van der Waals surface area contributed by atoms with E-state index in [1.807, 2.05) is 44.2 Å². The van der Waals surface area contributed by atoms with E-state index in [9.17, 15) is 13.2 Å². The summed E-state index contributed by atoms with van der Waals surface area (Å²) in [6, 6.07) is 24.1. The molecule has 0 amide bonds. The van der Waals surface area contributed by atoms with Crippen molar-refractivity contribution in [2.24, 2.45) is 5.10 Å². The van der Waals surface area contributed by atoms with Crippen molar-refractivity contribution in [3.63, 3.8) is 0 Å². The van der Waals surface area contributed by atoms with Gasteiger partial charge in [-0.3, -0.25) is 10.1 Å². The van der Waals surface area contributed by atoms with Gasteiger partial charge in [-0.25, -0.2) is 18.2 Å². The summed E-state index contributed by atoms with van der Waals surface area (Å²) in [7, 11) is -3.84. The molecule has 0 bridgehead atoms. The maximum absolute atomic E-state index is 12.9. The maximum atomic E-state index is 12.9. The largest absolute Gasteiger partial charge is 0.423 e. The zero-order valence-corrected chi connectivity index (χ0v) is 21.6. The fourth-order valence-electron chi connectivity index (χ4n) is 3.71. The molecule has 0 atom stereocenters. The van der Waals surface area contributed by atoms with Crippen LogP contribution < -0.4 is 15.8 Å². The highest BCUT2D eigenvalue weighted by Gasteiger charge is 2.16. The quantitative estimate of drug-likeness (QED) is 0.155. The lowest BCUT2D eigenvalue weighted by Gasteiger charge is -2.09. The normalized spacial score (nSPS) is 12.0. The third-order valence-electron chi connectivity index (χ3n) is 5.61. The molecule has 0 spiro atoms. The zero-order chi connectivity index (χ0) is 26.0. The zero-order valence-electron chi connectivity index (χ0n) is 19.9. The molecule has 186 valence electrons. The van der Waals surface area contributed by atoms with Gasteiger partial charge in [-0.2, -0.15) is 5.10 Å². The van der Waals surface area contributed by atoms with E-state index >= 15 is 0 Å². The van der Waals surface area contributed by atoms with E-state index in [0.29, 0.717) is 21.8 Å². The van der Waals surface area contributed by atoms with Gasteiger partial charge in [-0.15, -0.1) is 0 Å². The minimum Gasteiger partial charge on any atom is -0.423 e. The Labute approximate surface area is 217 Å². The van der Waals surface area contributed by atoms with Crippen molar-refractivity contribution < 1.29 is 12.8 Å². The highest BCUT2D eigenvalue weighted by atomic mass is 32.2. The fourth-order valence-corrected chi connectivity index (χ4v) is 5.72. The molecule has 8 nitrogen and oxygen atoms in total. The van der Waals surface area contributed by atoms with Crippen LogP contribution >= 0.6 is 11.3 Å². The van der Waals surface area contributed by atoms with E-state index in [-0.39, 0.29) is 4.90 Å². The smallest absolute Gasteiger partial charge is 0.336 e. The standard InChI is InChI=1S/C27H22N4O4S2/c1-17(29-30-27-28-18(2)26(36-27)20-6-4-3-5-7-20)19-8-11-22(12-9-19)31-37(33,34)23-13-14-24-21(16-23)10-15-25(32)35-24/h3-16,31H,1-2H3,(H,28,30)/b29-17+. The van der Waals surface area contributed by atoms with Crippen molar-refractivity contribution in [3.8, 4) is 10.4 Å². The summed E-state index contributed by atoms with van der Waals surface area (Å²) >= 11 is 1.53. The number of hydrogen-bond donors (Lipinski definition) is 2. The van der Waals surface area contributed by atoms with Gasteiger partial charge in [-0.1, -0.05) is 53.8 Å². The van der Waals surface area contributed by atoms with Crippen LogP contribution in [0.2, 0.25) is 0 Å². The molecule has 0 fully saturated rings. The molecular weight excluding hydrogens is 508 g/mol. The molecule has 3 aromatic carbocycles. The Morgan fingerprint density at radius 2 is 1.73 bits per heavy atom. The lowest BCUT2D eigenvalue weighted by atomic mass is 10.1. The second kappa shape index (κ2) is 10.00. The van der Waals surface area contributed by atoms with Crippen LogP contribution in [0.25, 0.3) is 21.4 Å². The molecule has 5 rings (SSSR count). The summed E-state index contributed by atoms with van der Waals surface area (Å²) in [6.45, 7) is 3.83. The van der Waals surface area contributed by atoms with Crippen LogP contribution in [-0.4, -0.2) is 19.1 Å². The number of benzene rings is 3. The number of nitrogens with zero attached hydrogens (tertiary/aromatic N) is 2. The molecule has 0 aliphatic heterocycles. The number of nitrogens with one attached hydrogen (secondary N) is 2. The van der Waals surface area contributed by atoms with Crippen molar-refractivity contribution >= 4 is 48.9 Å². The van der Waals surface area contributed by atoms with Crippen LogP contribution in [0.4, 0.5) is 10.8 Å². The van der Waals surface area contributed by atoms with Crippen LogP contribution in [-0.2, 0) is 10.0 Å². The van der Waals surface area contributed by atoms with Crippen molar-refractivity contribution in [1.82, 2.24) is 4.98 Å². The van der Waals surface area contributed by atoms with Crippen molar-refractivity contribution in [2.45, 2.75) is 18.7 Å². The number of sulfonamides is 1. The molecule has 2 N–H and O–H groups in total. The van der Waals surface area contributed by atoms with Crippen molar-refractivity contribution in [1.29, 1.82) is 0 Å². The van der Waals surface area contributed by atoms with Gasteiger partial charge in [0.1, 0.15) is 5.58 Å². The Balaban J connectivity index is 1.28. The van der Waals surface area contributed by atoms with Crippen LogP contribution in [0, 0.1) is 6.92 Å². The number of aromatic nitrogens is 1. The number of hydrogen-bond acceptors (Lipinski definition) is 8. The monoisotopic (exact) mass is 530 g/mol. The molecule has 10 heteroatoms. The number of aryl methyl sites for hydroxylation is 1. The van der Waals surface area contributed by atoms with Gasteiger partial charge in [0.05, 0.1) is 21.2 Å². The third-order valence-corrected chi connectivity index (χ3v) is 8.10. The van der Waals surface area contributed by atoms with Gasteiger partial charge < -0.3 is 4.42 Å². The molecule has 0 aliphatic carbocycles. The van der Waals surface area contributed by atoms with E-state index in [4.69, 9.17) is 4.42 Å². The number of fused-ring (bicyclic) bond motifs is 1. The topological polar surface area (TPSA) is 114 Å². The van der Waals surface area contributed by atoms with E-state index in [0.717, 1.165) is 27.4 Å². The number of thiazole rings is 1.